The Kier molecular flexibility index (Phi) is 3.89. The number of aromatic nitrogens is 2. The number of methoxy groups -OCH3 is 1. The number of halogens is 1. The van der Waals surface area contributed by atoms with Crippen molar-refractivity contribution in [3.63, 3.8) is 0 Å². The predicted octanol–water partition coefficient (Wildman–Crippen LogP) is 2.25. The number of hydrogen-bond donors (Lipinski definition) is 1. The van der Waals surface area contributed by atoms with E-state index in [0.717, 1.165) is 29.0 Å². The van der Waals surface area contributed by atoms with Gasteiger partial charge >= 0.3 is 0 Å². The average molecular weight is 266 g/mol. The molecule has 4 nitrogen and oxygen atoms in total. The number of hydrogen-bond acceptors (Lipinski definition) is 3. The minimum atomic E-state index is 0.584. The zero-order chi connectivity index (χ0) is 13.1. The van der Waals surface area contributed by atoms with Crippen molar-refractivity contribution in [2.24, 2.45) is 12.8 Å². The summed E-state index contributed by atoms with van der Waals surface area (Å²) in [7, 11) is 3.53. The Hall–Kier alpha value is -1.52. The van der Waals surface area contributed by atoms with Crippen molar-refractivity contribution in [3.05, 3.63) is 35.1 Å². The SMILES string of the molecule is COc1ccc(-c2cnn(C)c2CCN)c(Cl)c1. The highest BCUT2D eigenvalue weighted by atomic mass is 35.5. The van der Waals surface area contributed by atoms with Crippen LogP contribution in [0.4, 0.5) is 0 Å². The van der Waals surface area contributed by atoms with Crippen molar-refractivity contribution in [2.75, 3.05) is 13.7 Å². The van der Waals surface area contributed by atoms with E-state index in [4.69, 9.17) is 22.1 Å². The molecule has 0 spiro atoms. The second kappa shape index (κ2) is 5.42. The quantitative estimate of drug-likeness (QED) is 0.923. The second-order valence-electron chi connectivity index (χ2n) is 4.01. The van der Waals surface area contributed by atoms with Gasteiger partial charge in [0.15, 0.2) is 0 Å². The van der Waals surface area contributed by atoms with E-state index in [1.54, 1.807) is 13.2 Å². The van der Waals surface area contributed by atoms with Gasteiger partial charge in [-0.05, 0) is 24.7 Å². The first kappa shape index (κ1) is 12.9. The summed E-state index contributed by atoms with van der Waals surface area (Å²) in [6.45, 7) is 0.584. The lowest BCUT2D eigenvalue weighted by Crippen LogP contribution is -2.08. The van der Waals surface area contributed by atoms with Gasteiger partial charge in [-0.15, -0.1) is 0 Å². The summed E-state index contributed by atoms with van der Waals surface area (Å²) in [6, 6.07) is 5.63. The molecule has 0 atom stereocenters. The van der Waals surface area contributed by atoms with Crippen LogP contribution in [0.25, 0.3) is 11.1 Å². The van der Waals surface area contributed by atoms with Crippen molar-refractivity contribution >= 4 is 11.6 Å². The van der Waals surface area contributed by atoms with Crippen LogP contribution >= 0.6 is 11.6 Å². The van der Waals surface area contributed by atoms with Crippen molar-refractivity contribution in [1.82, 2.24) is 9.78 Å². The number of aryl methyl sites for hydroxylation is 1. The molecule has 1 heterocycles. The van der Waals surface area contributed by atoms with Crippen molar-refractivity contribution in [1.29, 1.82) is 0 Å². The predicted molar refractivity (Wildman–Crippen MR) is 73.0 cm³/mol. The Balaban J connectivity index is 2.48. The Morgan fingerprint density at radius 3 is 2.78 bits per heavy atom. The van der Waals surface area contributed by atoms with E-state index in [-0.39, 0.29) is 0 Å². The van der Waals surface area contributed by atoms with Crippen LogP contribution in [0.2, 0.25) is 5.02 Å². The summed E-state index contributed by atoms with van der Waals surface area (Å²) in [6.07, 6.45) is 2.59. The largest absolute Gasteiger partial charge is 0.497 e. The van der Waals surface area contributed by atoms with Gasteiger partial charge in [-0.3, -0.25) is 4.68 Å². The Bertz CT molecular complexity index is 551. The molecular weight excluding hydrogens is 250 g/mol. The molecule has 0 fully saturated rings. The van der Waals surface area contributed by atoms with E-state index in [1.165, 1.54) is 0 Å². The zero-order valence-electron chi connectivity index (χ0n) is 10.5. The van der Waals surface area contributed by atoms with E-state index < -0.39 is 0 Å². The van der Waals surface area contributed by atoms with Gasteiger partial charge in [0.05, 0.1) is 18.3 Å². The summed E-state index contributed by atoms with van der Waals surface area (Å²) in [5.41, 5.74) is 8.69. The fourth-order valence-corrected chi connectivity index (χ4v) is 2.23. The highest BCUT2D eigenvalue weighted by Crippen LogP contribution is 2.33. The van der Waals surface area contributed by atoms with Gasteiger partial charge in [-0.2, -0.15) is 5.10 Å². The standard InChI is InChI=1S/C13H16ClN3O/c1-17-13(5-6-15)11(8-16-17)10-4-3-9(18-2)7-12(10)14/h3-4,7-8H,5-6,15H2,1-2H3. The summed E-state index contributed by atoms with van der Waals surface area (Å²) >= 11 is 6.28. The fourth-order valence-electron chi connectivity index (χ4n) is 1.96. The average Bonchev–Trinajstić information content (AvgIpc) is 2.72. The summed E-state index contributed by atoms with van der Waals surface area (Å²) < 4.78 is 6.98. The van der Waals surface area contributed by atoms with Crippen molar-refractivity contribution in [3.8, 4) is 16.9 Å². The number of nitrogens with two attached hydrogens (primary N) is 1. The number of nitrogens with zero attached hydrogens (tertiary/aromatic N) is 2. The van der Waals surface area contributed by atoms with Crippen LogP contribution < -0.4 is 10.5 Å². The minimum Gasteiger partial charge on any atom is -0.497 e. The number of rotatable bonds is 4. The van der Waals surface area contributed by atoms with Crippen molar-refractivity contribution < 1.29 is 4.74 Å². The topological polar surface area (TPSA) is 53.1 Å². The molecule has 2 rings (SSSR count). The Morgan fingerprint density at radius 2 is 2.17 bits per heavy atom. The third kappa shape index (κ3) is 2.35. The molecule has 0 unspecified atom stereocenters. The minimum absolute atomic E-state index is 0.584. The molecule has 0 aliphatic carbocycles. The molecule has 0 aliphatic heterocycles. The monoisotopic (exact) mass is 265 g/mol. The van der Waals surface area contributed by atoms with Crippen LogP contribution in [-0.4, -0.2) is 23.4 Å². The highest BCUT2D eigenvalue weighted by Gasteiger charge is 2.13. The first-order valence-corrected chi connectivity index (χ1v) is 6.10. The first-order chi connectivity index (χ1) is 8.67. The van der Waals surface area contributed by atoms with Gasteiger partial charge in [0.2, 0.25) is 0 Å². The maximum Gasteiger partial charge on any atom is 0.120 e. The van der Waals surface area contributed by atoms with Gasteiger partial charge < -0.3 is 10.5 Å². The molecule has 1 aromatic carbocycles. The lowest BCUT2D eigenvalue weighted by Gasteiger charge is -2.08. The van der Waals surface area contributed by atoms with Crippen LogP contribution in [0.15, 0.2) is 24.4 Å². The fraction of sp³-hybridized carbons (Fsp3) is 0.308. The summed E-state index contributed by atoms with van der Waals surface area (Å²) in [5, 5.41) is 4.92. The number of ether oxygens (including phenoxy) is 1. The van der Waals surface area contributed by atoms with E-state index in [1.807, 2.05) is 30.1 Å². The maximum atomic E-state index is 6.28. The van der Waals surface area contributed by atoms with Gasteiger partial charge in [0, 0.05) is 30.3 Å². The van der Waals surface area contributed by atoms with E-state index in [0.29, 0.717) is 11.6 Å². The van der Waals surface area contributed by atoms with Crippen LogP contribution in [0.5, 0.6) is 5.75 Å². The lowest BCUT2D eigenvalue weighted by molar-refractivity contribution is 0.415. The van der Waals surface area contributed by atoms with Gasteiger partial charge in [-0.25, -0.2) is 0 Å². The van der Waals surface area contributed by atoms with Crippen LogP contribution in [-0.2, 0) is 13.5 Å². The maximum absolute atomic E-state index is 6.28. The van der Waals surface area contributed by atoms with E-state index in [2.05, 4.69) is 5.10 Å². The molecule has 2 N–H and O–H groups in total. The molecule has 96 valence electrons. The third-order valence-electron chi connectivity index (χ3n) is 2.91. The number of benzene rings is 1. The van der Waals surface area contributed by atoms with Gasteiger partial charge in [0.25, 0.3) is 0 Å². The zero-order valence-corrected chi connectivity index (χ0v) is 11.2. The third-order valence-corrected chi connectivity index (χ3v) is 3.22. The molecule has 18 heavy (non-hydrogen) atoms. The smallest absolute Gasteiger partial charge is 0.120 e. The molecule has 0 radical (unpaired) electrons. The Morgan fingerprint density at radius 1 is 1.39 bits per heavy atom. The molecule has 0 bridgehead atoms. The Labute approximate surface area is 111 Å². The first-order valence-electron chi connectivity index (χ1n) is 5.72. The molecule has 1 aromatic heterocycles. The summed E-state index contributed by atoms with van der Waals surface area (Å²) in [4.78, 5) is 0. The van der Waals surface area contributed by atoms with E-state index in [9.17, 15) is 0 Å². The molecule has 5 heteroatoms. The van der Waals surface area contributed by atoms with Crippen molar-refractivity contribution in [2.45, 2.75) is 6.42 Å². The van der Waals surface area contributed by atoms with Gasteiger partial charge in [-0.1, -0.05) is 11.6 Å². The summed E-state index contributed by atoms with van der Waals surface area (Å²) in [5.74, 6) is 0.744. The lowest BCUT2D eigenvalue weighted by atomic mass is 10.0. The van der Waals surface area contributed by atoms with Crippen LogP contribution in [0.1, 0.15) is 5.69 Å². The molecular formula is C13H16ClN3O. The normalized spacial score (nSPS) is 10.7. The van der Waals surface area contributed by atoms with Crippen LogP contribution in [0, 0.1) is 0 Å². The molecule has 0 amide bonds. The van der Waals surface area contributed by atoms with Gasteiger partial charge in [0.1, 0.15) is 5.75 Å². The molecule has 0 saturated carbocycles. The second-order valence-corrected chi connectivity index (χ2v) is 4.42. The molecule has 2 aromatic rings. The molecule has 0 saturated heterocycles. The van der Waals surface area contributed by atoms with E-state index >= 15 is 0 Å². The highest BCUT2D eigenvalue weighted by molar-refractivity contribution is 6.33. The molecule has 0 aliphatic rings. The van der Waals surface area contributed by atoms with Crippen LogP contribution in [0.3, 0.4) is 0 Å².